The number of aromatic nitrogens is 2. The quantitative estimate of drug-likeness (QED) is 0.770. The number of nitriles is 1. The van der Waals surface area contributed by atoms with Gasteiger partial charge in [-0.2, -0.15) is 5.10 Å². The average Bonchev–Trinajstić information content (AvgIpc) is 3.01. The summed E-state index contributed by atoms with van der Waals surface area (Å²) in [6.07, 6.45) is 4.06. The lowest BCUT2D eigenvalue weighted by molar-refractivity contribution is -0.120. The summed E-state index contributed by atoms with van der Waals surface area (Å²) in [6, 6.07) is 2.70. The standard InChI is InChI=1S/C20H22BFN6O2/c1-26-15-9-16(27-6-3-20(4-7-27)10-21(11-20)12-23)14(22)8-13(15)18(25-26)28-5-2-17(29)24-19(28)30/h8-9H,2-7,10-11H2,1H3,(H,24,29,30). The van der Waals surface area contributed by atoms with Crippen molar-refractivity contribution < 1.29 is 14.0 Å². The van der Waals surface area contributed by atoms with Gasteiger partial charge in [0.1, 0.15) is 5.82 Å². The third-order valence-corrected chi connectivity index (χ3v) is 6.92. The number of aryl methyl sites for hydroxylation is 1. The van der Waals surface area contributed by atoms with Crippen molar-refractivity contribution in [2.45, 2.75) is 31.9 Å². The fourth-order valence-electron chi connectivity index (χ4n) is 5.16. The molecule has 0 radical (unpaired) electrons. The van der Waals surface area contributed by atoms with Crippen molar-refractivity contribution in [3.05, 3.63) is 17.9 Å². The molecule has 3 aliphatic rings. The summed E-state index contributed by atoms with van der Waals surface area (Å²) >= 11 is 0. The monoisotopic (exact) mass is 408 g/mol. The number of anilines is 2. The van der Waals surface area contributed by atoms with E-state index in [2.05, 4.69) is 21.3 Å². The molecule has 0 atom stereocenters. The smallest absolute Gasteiger partial charge is 0.329 e. The number of hydrogen-bond donors (Lipinski definition) is 1. The van der Waals surface area contributed by atoms with Crippen LogP contribution in [-0.4, -0.2) is 48.1 Å². The van der Waals surface area contributed by atoms with Gasteiger partial charge in [0.25, 0.3) is 6.71 Å². The minimum absolute atomic E-state index is 0.180. The predicted octanol–water partition coefficient (Wildman–Crippen LogP) is 2.32. The normalized spacial score (nSPS) is 21.0. The van der Waals surface area contributed by atoms with E-state index < -0.39 is 6.03 Å². The highest BCUT2D eigenvalue weighted by molar-refractivity contribution is 6.70. The van der Waals surface area contributed by atoms with Crippen molar-refractivity contribution in [3.8, 4) is 5.97 Å². The van der Waals surface area contributed by atoms with Crippen LogP contribution >= 0.6 is 0 Å². The SMILES string of the molecule is Cn1nc(N2CCC(=O)NC2=O)c2cc(F)c(N3CCC4(CC3)CB(C#N)C4)cc21. The first-order valence-corrected chi connectivity index (χ1v) is 10.3. The fraction of sp³-hybridized carbons (Fsp3) is 0.500. The second-order valence-electron chi connectivity index (χ2n) is 8.74. The number of carbonyl (C=O) groups excluding carboxylic acids is 2. The zero-order valence-corrected chi connectivity index (χ0v) is 16.8. The Labute approximate surface area is 173 Å². The molecule has 8 nitrogen and oxygen atoms in total. The van der Waals surface area contributed by atoms with Gasteiger partial charge < -0.3 is 4.90 Å². The zero-order chi connectivity index (χ0) is 21.0. The first-order chi connectivity index (χ1) is 14.4. The molecule has 5 rings (SSSR count). The van der Waals surface area contributed by atoms with Crippen molar-refractivity contribution in [3.63, 3.8) is 0 Å². The van der Waals surface area contributed by atoms with Crippen LogP contribution < -0.4 is 15.1 Å². The van der Waals surface area contributed by atoms with Gasteiger partial charge in [-0.1, -0.05) is 12.6 Å². The van der Waals surface area contributed by atoms with Crippen molar-refractivity contribution in [1.82, 2.24) is 15.1 Å². The van der Waals surface area contributed by atoms with Crippen LogP contribution in [0.5, 0.6) is 0 Å². The number of rotatable bonds is 2. The van der Waals surface area contributed by atoms with Crippen LogP contribution in [0.1, 0.15) is 19.3 Å². The molecule has 10 heteroatoms. The van der Waals surface area contributed by atoms with E-state index in [0.717, 1.165) is 44.1 Å². The molecule has 2 aromatic rings. The van der Waals surface area contributed by atoms with Crippen LogP contribution in [0.15, 0.2) is 12.1 Å². The van der Waals surface area contributed by atoms with Crippen LogP contribution in [0.2, 0.25) is 12.6 Å². The Kier molecular flexibility index (Phi) is 4.24. The summed E-state index contributed by atoms with van der Waals surface area (Å²) in [6.45, 7) is 1.93. The fourth-order valence-corrected chi connectivity index (χ4v) is 5.16. The van der Waals surface area contributed by atoms with E-state index in [4.69, 9.17) is 5.26 Å². The first kappa shape index (κ1) is 18.9. The summed E-state index contributed by atoms with van der Waals surface area (Å²) in [5.74, 6) is 2.05. The molecule has 0 bridgehead atoms. The van der Waals surface area contributed by atoms with Gasteiger partial charge in [-0.25, -0.2) is 14.4 Å². The molecular formula is C20H22BFN6O2. The van der Waals surface area contributed by atoms with Crippen LogP contribution in [0.4, 0.5) is 20.7 Å². The van der Waals surface area contributed by atoms with E-state index in [1.54, 1.807) is 17.8 Å². The van der Waals surface area contributed by atoms with Gasteiger partial charge in [0.05, 0.1) is 11.2 Å². The number of amides is 3. The molecule has 0 aliphatic carbocycles. The molecule has 3 fully saturated rings. The van der Waals surface area contributed by atoms with Crippen LogP contribution in [-0.2, 0) is 11.8 Å². The number of hydrogen-bond acceptors (Lipinski definition) is 5. The molecule has 1 N–H and O–H groups in total. The number of fused-ring (bicyclic) bond motifs is 1. The third kappa shape index (κ3) is 2.92. The van der Waals surface area contributed by atoms with Gasteiger partial charge in [0.15, 0.2) is 5.82 Å². The van der Waals surface area contributed by atoms with Crippen molar-refractivity contribution in [1.29, 1.82) is 5.26 Å². The Balaban J connectivity index is 1.41. The highest BCUT2D eigenvalue weighted by Crippen LogP contribution is 2.50. The highest BCUT2D eigenvalue weighted by Gasteiger charge is 2.48. The third-order valence-electron chi connectivity index (χ3n) is 6.92. The van der Waals surface area contributed by atoms with E-state index in [-0.39, 0.29) is 36.8 Å². The van der Waals surface area contributed by atoms with E-state index in [1.165, 1.54) is 11.0 Å². The second-order valence-corrected chi connectivity index (χ2v) is 8.74. The Morgan fingerprint density at radius 1 is 1.23 bits per heavy atom. The minimum Gasteiger partial charge on any atom is -0.369 e. The number of urea groups is 1. The maximum atomic E-state index is 15.1. The lowest BCUT2D eigenvalue weighted by Gasteiger charge is -2.49. The number of piperidine rings is 1. The number of carbonyl (C=O) groups is 2. The lowest BCUT2D eigenvalue weighted by Crippen LogP contribution is -2.50. The molecule has 1 aromatic heterocycles. The Morgan fingerprint density at radius 2 is 1.97 bits per heavy atom. The van der Waals surface area contributed by atoms with Gasteiger partial charge in [-0.15, -0.1) is 0 Å². The van der Waals surface area contributed by atoms with Crippen molar-refractivity contribution in [2.75, 3.05) is 29.4 Å². The molecule has 3 amide bonds. The van der Waals surface area contributed by atoms with Crippen molar-refractivity contribution >= 4 is 41.1 Å². The summed E-state index contributed by atoms with van der Waals surface area (Å²) in [4.78, 5) is 27.1. The molecular weight excluding hydrogens is 386 g/mol. The molecule has 3 saturated heterocycles. The van der Waals surface area contributed by atoms with Gasteiger partial charge >= 0.3 is 6.03 Å². The van der Waals surface area contributed by atoms with Gasteiger partial charge in [0.2, 0.25) is 5.91 Å². The van der Waals surface area contributed by atoms with Gasteiger partial charge in [-0.3, -0.25) is 19.7 Å². The Hall–Kier alpha value is -3.09. The summed E-state index contributed by atoms with van der Waals surface area (Å²) < 4.78 is 16.8. The molecule has 30 heavy (non-hydrogen) atoms. The maximum absolute atomic E-state index is 15.1. The number of nitrogens with zero attached hydrogens (tertiary/aromatic N) is 5. The van der Waals surface area contributed by atoms with Crippen LogP contribution in [0, 0.1) is 22.5 Å². The van der Waals surface area contributed by atoms with E-state index in [0.29, 0.717) is 16.9 Å². The molecule has 1 aromatic carbocycles. The average molecular weight is 408 g/mol. The summed E-state index contributed by atoms with van der Waals surface area (Å²) in [5, 5.41) is 16.3. The second kappa shape index (κ2) is 6.72. The molecule has 154 valence electrons. The molecule has 3 aliphatic heterocycles. The van der Waals surface area contributed by atoms with E-state index in [1.807, 2.05) is 0 Å². The van der Waals surface area contributed by atoms with E-state index in [9.17, 15) is 9.59 Å². The molecule has 0 saturated carbocycles. The van der Waals surface area contributed by atoms with Gasteiger partial charge in [-0.05, 0) is 30.4 Å². The summed E-state index contributed by atoms with van der Waals surface area (Å²) in [7, 11) is 1.77. The maximum Gasteiger partial charge on any atom is 0.329 e. The zero-order valence-electron chi connectivity index (χ0n) is 16.8. The number of nitrogens with one attached hydrogen (secondary N) is 1. The number of halogens is 1. The predicted molar refractivity (Wildman–Crippen MR) is 111 cm³/mol. The molecule has 4 heterocycles. The molecule has 1 spiro atoms. The topological polar surface area (TPSA) is 94.3 Å². The summed E-state index contributed by atoms with van der Waals surface area (Å²) in [5.41, 5.74) is 1.54. The largest absolute Gasteiger partial charge is 0.369 e. The van der Waals surface area contributed by atoms with Gasteiger partial charge in [0, 0.05) is 44.5 Å². The number of imide groups is 1. The number of benzene rings is 1. The molecule has 0 unspecified atom stereocenters. The highest BCUT2D eigenvalue weighted by atomic mass is 19.1. The Morgan fingerprint density at radius 3 is 2.63 bits per heavy atom. The first-order valence-electron chi connectivity index (χ1n) is 10.3. The Bertz CT molecular complexity index is 1090. The minimum atomic E-state index is -0.534. The van der Waals surface area contributed by atoms with Crippen LogP contribution in [0.3, 0.4) is 0 Å². The van der Waals surface area contributed by atoms with Crippen molar-refractivity contribution in [2.24, 2.45) is 12.5 Å². The van der Waals surface area contributed by atoms with E-state index >= 15 is 4.39 Å². The lowest BCUT2D eigenvalue weighted by atomic mass is 9.26. The van der Waals surface area contributed by atoms with Crippen LogP contribution in [0.25, 0.3) is 10.9 Å².